The Kier molecular flexibility index (Phi) is 7.29. The molecule has 3 amide bonds. The minimum absolute atomic E-state index is 0.0239. The van der Waals surface area contributed by atoms with Crippen LogP contribution in [-0.2, 0) is 20.6 Å². The predicted octanol–water partition coefficient (Wildman–Crippen LogP) is 3.47. The van der Waals surface area contributed by atoms with Crippen molar-refractivity contribution in [3.63, 3.8) is 0 Å². The van der Waals surface area contributed by atoms with Crippen molar-refractivity contribution in [1.29, 1.82) is 0 Å². The first-order valence-electron chi connectivity index (χ1n) is 8.73. The standard InChI is InChI=1S/C20H19F3N4O3/c1-12-5-3-7-15(9-12)25-18(29)19(30)27-26-13(2)10-17(28)24-16-8-4-6-14(11-16)20(21,22)23/h3-9,11H,10H2,1-2H3,(H,24,28)(H,25,29)(H,27,30)/b26-13-. The van der Waals surface area contributed by atoms with Crippen LogP contribution in [0.1, 0.15) is 24.5 Å². The summed E-state index contributed by atoms with van der Waals surface area (Å²) in [6.45, 7) is 3.25. The molecule has 3 N–H and O–H groups in total. The molecule has 0 unspecified atom stereocenters. The molecule has 0 saturated carbocycles. The molecular weight excluding hydrogens is 401 g/mol. The zero-order valence-electron chi connectivity index (χ0n) is 16.1. The topological polar surface area (TPSA) is 99.7 Å². The third kappa shape index (κ3) is 7.04. The predicted molar refractivity (Wildman–Crippen MR) is 106 cm³/mol. The first-order chi connectivity index (χ1) is 14.0. The van der Waals surface area contributed by atoms with Crippen LogP contribution >= 0.6 is 0 Å². The Balaban J connectivity index is 1.87. The van der Waals surface area contributed by atoms with Gasteiger partial charge in [-0.2, -0.15) is 18.3 Å². The number of rotatable bonds is 5. The lowest BCUT2D eigenvalue weighted by Crippen LogP contribution is -2.33. The maximum Gasteiger partial charge on any atom is 0.416 e. The van der Waals surface area contributed by atoms with E-state index in [9.17, 15) is 27.6 Å². The van der Waals surface area contributed by atoms with Gasteiger partial charge in [0.25, 0.3) is 0 Å². The van der Waals surface area contributed by atoms with Gasteiger partial charge < -0.3 is 10.6 Å². The average molecular weight is 420 g/mol. The van der Waals surface area contributed by atoms with Gasteiger partial charge in [0.05, 0.1) is 12.0 Å². The van der Waals surface area contributed by atoms with Gasteiger partial charge >= 0.3 is 18.0 Å². The Morgan fingerprint density at radius 2 is 1.57 bits per heavy atom. The van der Waals surface area contributed by atoms with Crippen LogP contribution in [0, 0.1) is 6.92 Å². The summed E-state index contributed by atoms with van der Waals surface area (Å²) in [7, 11) is 0. The van der Waals surface area contributed by atoms with E-state index < -0.39 is 29.5 Å². The number of aryl methyl sites for hydroxylation is 1. The van der Waals surface area contributed by atoms with Crippen LogP contribution in [0.5, 0.6) is 0 Å². The quantitative estimate of drug-likeness (QED) is 0.392. The number of nitrogens with zero attached hydrogens (tertiary/aromatic N) is 1. The van der Waals surface area contributed by atoms with Crippen LogP contribution in [0.3, 0.4) is 0 Å². The Bertz CT molecular complexity index is 987. The average Bonchev–Trinajstić information content (AvgIpc) is 2.65. The summed E-state index contributed by atoms with van der Waals surface area (Å²) >= 11 is 0. The number of carbonyl (C=O) groups is 3. The van der Waals surface area contributed by atoms with E-state index >= 15 is 0 Å². The SMILES string of the molecule is C/C(CC(=O)Nc1cccc(C(F)(F)F)c1)=N/NC(=O)C(=O)Nc1cccc(C)c1. The van der Waals surface area contributed by atoms with Crippen molar-refractivity contribution < 1.29 is 27.6 Å². The van der Waals surface area contributed by atoms with Crippen molar-refractivity contribution in [1.82, 2.24) is 5.43 Å². The molecule has 30 heavy (non-hydrogen) atoms. The van der Waals surface area contributed by atoms with Gasteiger partial charge in [0, 0.05) is 17.1 Å². The van der Waals surface area contributed by atoms with E-state index in [0.717, 1.165) is 17.7 Å². The first kappa shape index (κ1) is 22.6. The highest BCUT2D eigenvalue weighted by molar-refractivity contribution is 6.39. The first-order valence-corrected chi connectivity index (χ1v) is 8.73. The van der Waals surface area contributed by atoms with Gasteiger partial charge in [0.2, 0.25) is 5.91 Å². The fourth-order valence-electron chi connectivity index (χ4n) is 2.36. The monoisotopic (exact) mass is 420 g/mol. The van der Waals surface area contributed by atoms with Gasteiger partial charge in [-0.15, -0.1) is 0 Å². The van der Waals surface area contributed by atoms with Gasteiger partial charge in [0.15, 0.2) is 0 Å². The van der Waals surface area contributed by atoms with Crippen LogP contribution in [-0.4, -0.2) is 23.4 Å². The maximum absolute atomic E-state index is 12.7. The lowest BCUT2D eigenvalue weighted by molar-refractivity contribution is -0.137. The number of amides is 3. The van der Waals surface area contributed by atoms with Crippen LogP contribution in [0.4, 0.5) is 24.5 Å². The van der Waals surface area contributed by atoms with Gasteiger partial charge in [-0.3, -0.25) is 14.4 Å². The van der Waals surface area contributed by atoms with Gasteiger partial charge in [-0.05, 0) is 49.7 Å². The largest absolute Gasteiger partial charge is 0.416 e. The third-order valence-electron chi connectivity index (χ3n) is 3.72. The van der Waals surface area contributed by atoms with E-state index in [2.05, 4.69) is 15.7 Å². The maximum atomic E-state index is 12.7. The number of hydrazone groups is 1. The van der Waals surface area contributed by atoms with Gasteiger partial charge in [-0.1, -0.05) is 18.2 Å². The number of carbonyl (C=O) groups excluding carboxylic acids is 3. The van der Waals surface area contributed by atoms with E-state index in [1.165, 1.54) is 19.1 Å². The van der Waals surface area contributed by atoms with Gasteiger partial charge in [-0.25, -0.2) is 5.43 Å². The normalized spacial score (nSPS) is 11.6. The lowest BCUT2D eigenvalue weighted by Gasteiger charge is -2.10. The fraction of sp³-hybridized carbons (Fsp3) is 0.200. The molecule has 0 aromatic heterocycles. The number of halogens is 3. The van der Waals surface area contributed by atoms with Crippen LogP contribution in [0.25, 0.3) is 0 Å². The number of benzene rings is 2. The summed E-state index contributed by atoms with van der Waals surface area (Å²) < 4.78 is 38.1. The van der Waals surface area contributed by atoms with E-state index in [-0.39, 0.29) is 17.8 Å². The van der Waals surface area contributed by atoms with E-state index in [1.54, 1.807) is 18.2 Å². The number of nitrogens with one attached hydrogen (secondary N) is 3. The minimum atomic E-state index is -4.53. The molecule has 0 aliphatic rings. The van der Waals surface area contributed by atoms with E-state index in [4.69, 9.17) is 0 Å². The van der Waals surface area contributed by atoms with Gasteiger partial charge in [0.1, 0.15) is 0 Å². The summed E-state index contributed by atoms with van der Waals surface area (Å²) in [4.78, 5) is 35.6. The van der Waals surface area contributed by atoms with Crippen molar-refractivity contribution in [2.45, 2.75) is 26.4 Å². The van der Waals surface area contributed by atoms with E-state index in [0.29, 0.717) is 5.69 Å². The molecule has 0 saturated heterocycles. The molecular formula is C20H19F3N4O3. The fourth-order valence-corrected chi connectivity index (χ4v) is 2.36. The highest BCUT2D eigenvalue weighted by Crippen LogP contribution is 2.30. The molecule has 0 radical (unpaired) electrons. The van der Waals surface area contributed by atoms with Crippen molar-refractivity contribution in [3.8, 4) is 0 Å². The molecule has 0 heterocycles. The zero-order valence-corrected chi connectivity index (χ0v) is 16.1. The van der Waals surface area contributed by atoms with Crippen molar-refractivity contribution >= 4 is 34.8 Å². The molecule has 0 atom stereocenters. The lowest BCUT2D eigenvalue weighted by atomic mass is 10.2. The highest BCUT2D eigenvalue weighted by Gasteiger charge is 2.30. The number of alkyl halides is 3. The van der Waals surface area contributed by atoms with Crippen LogP contribution in [0.15, 0.2) is 53.6 Å². The molecule has 0 bridgehead atoms. The molecule has 0 aliphatic carbocycles. The number of anilines is 2. The highest BCUT2D eigenvalue weighted by atomic mass is 19.4. The summed E-state index contributed by atoms with van der Waals surface area (Å²) in [5.41, 5.74) is 2.60. The molecule has 158 valence electrons. The molecule has 0 aliphatic heterocycles. The Labute approximate surface area is 170 Å². The third-order valence-corrected chi connectivity index (χ3v) is 3.72. The van der Waals surface area contributed by atoms with Crippen LogP contribution < -0.4 is 16.1 Å². The number of hydrogen-bond donors (Lipinski definition) is 3. The second-order valence-electron chi connectivity index (χ2n) is 6.42. The molecule has 2 rings (SSSR count). The summed E-state index contributed by atoms with van der Waals surface area (Å²) in [6, 6.07) is 11.0. The van der Waals surface area contributed by atoms with Crippen LogP contribution in [0.2, 0.25) is 0 Å². The summed E-state index contributed by atoms with van der Waals surface area (Å²) in [5, 5.41) is 8.39. The Morgan fingerprint density at radius 3 is 2.20 bits per heavy atom. The Morgan fingerprint density at radius 1 is 0.933 bits per heavy atom. The molecule has 0 spiro atoms. The van der Waals surface area contributed by atoms with Crippen molar-refractivity contribution in [2.24, 2.45) is 5.10 Å². The Hall–Kier alpha value is -3.69. The van der Waals surface area contributed by atoms with E-state index in [1.807, 2.05) is 18.4 Å². The number of hydrogen-bond acceptors (Lipinski definition) is 4. The second kappa shape index (κ2) is 9.68. The molecule has 0 fully saturated rings. The second-order valence-corrected chi connectivity index (χ2v) is 6.42. The zero-order chi connectivity index (χ0) is 22.3. The molecule has 2 aromatic rings. The minimum Gasteiger partial charge on any atom is -0.326 e. The molecule has 7 nitrogen and oxygen atoms in total. The smallest absolute Gasteiger partial charge is 0.326 e. The molecule has 10 heteroatoms. The van der Waals surface area contributed by atoms with Crippen molar-refractivity contribution in [3.05, 3.63) is 59.7 Å². The molecule has 2 aromatic carbocycles. The summed E-state index contributed by atoms with van der Waals surface area (Å²) in [6.07, 6.45) is -4.82. The van der Waals surface area contributed by atoms with Crippen molar-refractivity contribution in [2.75, 3.05) is 10.6 Å². The summed E-state index contributed by atoms with van der Waals surface area (Å²) in [5.74, 6) is -2.60.